The van der Waals surface area contributed by atoms with Gasteiger partial charge in [0.2, 0.25) is 11.8 Å². The van der Waals surface area contributed by atoms with Crippen molar-refractivity contribution < 1.29 is 27.5 Å². The molecule has 0 aromatic heterocycles. The van der Waals surface area contributed by atoms with Gasteiger partial charge in [0.15, 0.2) is 0 Å². The van der Waals surface area contributed by atoms with Gasteiger partial charge in [-0.05, 0) is 80.3 Å². The maximum absolute atomic E-state index is 14.3. The van der Waals surface area contributed by atoms with Gasteiger partial charge in [-0.25, -0.2) is 8.42 Å². The molecule has 2 amide bonds. The molecule has 44 heavy (non-hydrogen) atoms. The fraction of sp³-hybridized carbons (Fsp3) is 0.412. The third-order valence-electron chi connectivity index (χ3n) is 7.87. The molecule has 9 nitrogen and oxygen atoms in total. The number of benzene rings is 3. The molecule has 236 valence electrons. The highest BCUT2D eigenvalue weighted by atomic mass is 32.2. The first kappa shape index (κ1) is 32.9. The van der Waals surface area contributed by atoms with Crippen LogP contribution in [0, 0.1) is 0 Å². The third-order valence-corrected chi connectivity index (χ3v) is 9.66. The molecule has 0 heterocycles. The van der Waals surface area contributed by atoms with E-state index >= 15 is 0 Å². The highest BCUT2D eigenvalue weighted by molar-refractivity contribution is 7.92. The van der Waals surface area contributed by atoms with Gasteiger partial charge in [0.05, 0.1) is 24.3 Å². The first-order valence-electron chi connectivity index (χ1n) is 15.3. The van der Waals surface area contributed by atoms with Gasteiger partial charge in [0, 0.05) is 12.6 Å². The predicted molar refractivity (Wildman–Crippen MR) is 171 cm³/mol. The summed E-state index contributed by atoms with van der Waals surface area (Å²) in [4.78, 5) is 29.5. The molecule has 1 atom stereocenters. The minimum absolute atomic E-state index is 0.0269. The molecular weight excluding hydrogens is 578 g/mol. The van der Waals surface area contributed by atoms with E-state index in [1.54, 1.807) is 49.6 Å². The average molecular weight is 622 g/mol. The average Bonchev–Trinajstić information content (AvgIpc) is 3.04. The van der Waals surface area contributed by atoms with Crippen LogP contribution < -0.4 is 19.1 Å². The van der Waals surface area contributed by atoms with E-state index in [4.69, 9.17) is 9.47 Å². The second kappa shape index (κ2) is 15.6. The van der Waals surface area contributed by atoms with Gasteiger partial charge >= 0.3 is 0 Å². The lowest BCUT2D eigenvalue weighted by atomic mass is 9.95. The Hall–Kier alpha value is -4.05. The first-order valence-corrected chi connectivity index (χ1v) is 16.7. The van der Waals surface area contributed by atoms with E-state index < -0.39 is 28.5 Å². The summed E-state index contributed by atoms with van der Waals surface area (Å²) in [5, 5.41) is 3.17. The maximum Gasteiger partial charge on any atom is 0.264 e. The van der Waals surface area contributed by atoms with Crippen molar-refractivity contribution in [3.8, 4) is 11.5 Å². The number of anilines is 1. The Kier molecular flexibility index (Phi) is 11.7. The van der Waals surface area contributed by atoms with Gasteiger partial charge in [-0.1, -0.05) is 56.5 Å². The number of nitrogens with one attached hydrogen (secondary N) is 1. The Labute approximate surface area is 261 Å². The molecule has 10 heteroatoms. The lowest BCUT2D eigenvalue weighted by Crippen LogP contribution is -2.54. The molecule has 1 N–H and O–H groups in total. The largest absolute Gasteiger partial charge is 0.497 e. The summed E-state index contributed by atoms with van der Waals surface area (Å²) in [6, 6.07) is 21.3. The summed E-state index contributed by atoms with van der Waals surface area (Å²) in [6.45, 7) is 3.79. The van der Waals surface area contributed by atoms with E-state index in [0.29, 0.717) is 30.2 Å². The maximum atomic E-state index is 14.3. The second-order valence-corrected chi connectivity index (χ2v) is 12.8. The molecule has 1 fully saturated rings. The molecule has 0 saturated heterocycles. The number of methoxy groups -OCH3 is 1. The Balaban J connectivity index is 1.69. The summed E-state index contributed by atoms with van der Waals surface area (Å²) in [7, 11) is -2.60. The van der Waals surface area contributed by atoms with Crippen LogP contribution in [0.1, 0.15) is 57.9 Å². The molecule has 0 aliphatic heterocycles. The highest BCUT2D eigenvalue weighted by Crippen LogP contribution is 2.27. The van der Waals surface area contributed by atoms with Crippen LogP contribution in [0.3, 0.4) is 0 Å². The van der Waals surface area contributed by atoms with E-state index in [0.717, 1.165) is 42.0 Å². The van der Waals surface area contributed by atoms with Gasteiger partial charge in [0.1, 0.15) is 24.1 Å². The summed E-state index contributed by atoms with van der Waals surface area (Å²) < 4.78 is 40.1. The number of sulfonamides is 1. The van der Waals surface area contributed by atoms with Crippen LogP contribution in [-0.2, 0) is 26.2 Å². The summed E-state index contributed by atoms with van der Waals surface area (Å²) >= 11 is 0. The standard InChI is InChI=1S/C34H43N3O6S/c1-4-32(34(39)35-27-14-8-6-9-15-27)36(24-26-13-12-18-30(23-26)42-3)33(38)25-37(28-16-10-7-11-17-28)44(40,41)31-21-19-29(20-22-31)43-5-2/h7,10-13,16-23,27,32H,4-6,8-9,14-15,24-25H2,1-3H3,(H,35,39)/t32-/m0/s1. The molecule has 3 aromatic carbocycles. The van der Waals surface area contributed by atoms with Crippen LogP contribution in [-0.4, -0.2) is 57.5 Å². The second-order valence-electron chi connectivity index (χ2n) is 10.9. The van der Waals surface area contributed by atoms with Crippen LogP contribution in [0.5, 0.6) is 11.5 Å². The van der Waals surface area contributed by atoms with Gasteiger partial charge in [-0.2, -0.15) is 0 Å². The van der Waals surface area contributed by atoms with E-state index in [1.807, 2.05) is 38.1 Å². The van der Waals surface area contributed by atoms with E-state index in [1.165, 1.54) is 17.0 Å². The topological polar surface area (TPSA) is 105 Å². The number of rotatable bonds is 14. The number of nitrogens with zero attached hydrogens (tertiary/aromatic N) is 2. The number of hydrogen-bond acceptors (Lipinski definition) is 6. The van der Waals surface area contributed by atoms with Crippen molar-refractivity contribution in [2.45, 2.75) is 75.9 Å². The monoisotopic (exact) mass is 621 g/mol. The minimum Gasteiger partial charge on any atom is -0.497 e. The number of carbonyl (C=O) groups is 2. The van der Waals surface area contributed by atoms with Crippen molar-refractivity contribution in [1.29, 1.82) is 0 Å². The quantitative estimate of drug-likeness (QED) is 0.253. The summed E-state index contributed by atoms with van der Waals surface area (Å²) in [6.07, 6.45) is 5.46. The minimum atomic E-state index is -4.16. The van der Waals surface area contributed by atoms with Gasteiger partial charge < -0.3 is 19.7 Å². The van der Waals surface area contributed by atoms with E-state index in [9.17, 15) is 18.0 Å². The molecule has 1 aliphatic rings. The van der Waals surface area contributed by atoms with Crippen molar-refractivity contribution in [2.24, 2.45) is 0 Å². The van der Waals surface area contributed by atoms with Gasteiger partial charge in [-0.15, -0.1) is 0 Å². The molecule has 0 bridgehead atoms. The Bertz CT molecular complexity index is 1470. The van der Waals surface area contributed by atoms with E-state index in [2.05, 4.69) is 5.32 Å². The molecule has 3 aromatic rings. The Morgan fingerprint density at radius 3 is 2.25 bits per heavy atom. The fourth-order valence-electron chi connectivity index (χ4n) is 5.56. The SMILES string of the molecule is CCOc1ccc(S(=O)(=O)N(CC(=O)N(Cc2cccc(OC)c2)[C@@H](CC)C(=O)NC2CCCCC2)c2ccccc2)cc1. The molecular formula is C34H43N3O6S. The zero-order valence-electron chi connectivity index (χ0n) is 25.8. The van der Waals surface area contributed by atoms with Crippen LogP contribution in [0.4, 0.5) is 5.69 Å². The van der Waals surface area contributed by atoms with Crippen molar-refractivity contribution >= 4 is 27.5 Å². The number of carbonyl (C=O) groups excluding carboxylic acids is 2. The van der Waals surface area contributed by atoms with Crippen molar-refractivity contribution in [2.75, 3.05) is 24.6 Å². The van der Waals surface area contributed by atoms with Crippen molar-refractivity contribution in [3.63, 3.8) is 0 Å². The number of amides is 2. The van der Waals surface area contributed by atoms with Crippen molar-refractivity contribution in [3.05, 3.63) is 84.4 Å². The summed E-state index contributed by atoms with van der Waals surface area (Å²) in [5.41, 5.74) is 1.11. The lowest BCUT2D eigenvalue weighted by Gasteiger charge is -2.34. The Morgan fingerprint density at radius 2 is 1.61 bits per heavy atom. The predicted octanol–water partition coefficient (Wildman–Crippen LogP) is 5.55. The normalized spacial score (nSPS) is 14.3. The molecule has 0 radical (unpaired) electrons. The number of hydrogen-bond donors (Lipinski definition) is 1. The number of para-hydroxylation sites is 1. The molecule has 0 spiro atoms. The zero-order chi connectivity index (χ0) is 31.5. The van der Waals surface area contributed by atoms with Crippen LogP contribution in [0.2, 0.25) is 0 Å². The van der Waals surface area contributed by atoms with Crippen molar-refractivity contribution in [1.82, 2.24) is 10.2 Å². The van der Waals surface area contributed by atoms with Crippen LogP contribution >= 0.6 is 0 Å². The highest BCUT2D eigenvalue weighted by Gasteiger charge is 2.34. The van der Waals surface area contributed by atoms with Gasteiger partial charge in [-0.3, -0.25) is 13.9 Å². The fourth-order valence-corrected chi connectivity index (χ4v) is 6.97. The molecule has 1 saturated carbocycles. The molecule has 4 rings (SSSR count). The van der Waals surface area contributed by atoms with Gasteiger partial charge in [0.25, 0.3) is 10.0 Å². The molecule has 1 aliphatic carbocycles. The third kappa shape index (κ3) is 8.31. The number of ether oxygens (including phenoxy) is 2. The van der Waals surface area contributed by atoms with Crippen LogP contribution in [0.25, 0.3) is 0 Å². The smallest absolute Gasteiger partial charge is 0.264 e. The van der Waals surface area contributed by atoms with Crippen LogP contribution in [0.15, 0.2) is 83.8 Å². The summed E-state index contributed by atoms with van der Waals surface area (Å²) in [5.74, 6) is 0.458. The Morgan fingerprint density at radius 1 is 0.909 bits per heavy atom. The first-order chi connectivity index (χ1) is 21.3. The lowest BCUT2D eigenvalue weighted by molar-refractivity contribution is -0.140. The van der Waals surface area contributed by atoms with E-state index in [-0.39, 0.29) is 23.4 Å². The zero-order valence-corrected chi connectivity index (χ0v) is 26.6. The molecule has 0 unspecified atom stereocenters.